The maximum atomic E-state index is 5.04. The molecule has 0 atom stereocenters. The molecule has 0 spiro atoms. The monoisotopic (exact) mass is 117 g/mol. The Hall–Kier alpha value is -0.540. The van der Waals surface area contributed by atoms with Crippen LogP contribution in [0.15, 0.2) is 12.3 Å². The van der Waals surface area contributed by atoms with Crippen molar-refractivity contribution in [1.82, 2.24) is 0 Å². The van der Waals surface area contributed by atoms with E-state index in [0.29, 0.717) is 0 Å². The number of methoxy groups -OCH3 is 2. The van der Waals surface area contributed by atoms with Crippen molar-refractivity contribution in [2.75, 3.05) is 14.2 Å². The molecule has 8 heavy (non-hydrogen) atoms. The highest BCUT2D eigenvalue weighted by Gasteiger charge is 1.94. The Morgan fingerprint density at radius 1 is 1.38 bits per heavy atom. The lowest BCUT2D eigenvalue weighted by molar-refractivity contribution is -0.0667. The van der Waals surface area contributed by atoms with Crippen molar-refractivity contribution < 1.29 is 9.47 Å². The van der Waals surface area contributed by atoms with Gasteiger partial charge in [-0.15, -0.1) is 0 Å². The standard InChI is InChI=1S/C5H11NO2/c1-7-5(8-2)3-4-6/h3-5H,6H2,1-2H3. The molecule has 3 nitrogen and oxygen atoms in total. The molecule has 0 radical (unpaired) electrons. The zero-order valence-corrected chi connectivity index (χ0v) is 5.13. The second-order valence-electron chi connectivity index (χ2n) is 1.22. The van der Waals surface area contributed by atoms with Gasteiger partial charge in [0, 0.05) is 14.2 Å². The molecule has 0 aliphatic heterocycles. The van der Waals surface area contributed by atoms with Crippen LogP contribution in [0.4, 0.5) is 0 Å². The summed E-state index contributed by atoms with van der Waals surface area (Å²) in [6.45, 7) is 0. The SMILES string of the molecule is COC(C=CN)OC. The lowest BCUT2D eigenvalue weighted by Crippen LogP contribution is -2.09. The predicted molar refractivity (Wildman–Crippen MR) is 31.1 cm³/mol. The molecule has 3 heteroatoms. The Kier molecular flexibility index (Phi) is 4.30. The first-order valence-electron chi connectivity index (χ1n) is 2.29. The third-order valence-corrected chi connectivity index (χ3v) is 0.733. The summed E-state index contributed by atoms with van der Waals surface area (Å²) in [6.07, 6.45) is 2.69. The van der Waals surface area contributed by atoms with Gasteiger partial charge in [-0.25, -0.2) is 0 Å². The minimum absolute atomic E-state index is 0.306. The van der Waals surface area contributed by atoms with Crippen LogP contribution in [0.3, 0.4) is 0 Å². The van der Waals surface area contributed by atoms with Crippen LogP contribution in [0.1, 0.15) is 0 Å². The Morgan fingerprint density at radius 2 is 1.88 bits per heavy atom. The van der Waals surface area contributed by atoms with Gasteiger partial charge in [-0.05, 0) is 12.3 Å². The molecule has 0 unspecified atom stereocenters. The molecular formula is C5H11NO2. The summed E-state index contributed by atoms with van der Waals surface area (Å²) in [5, 5.41) is 0. The van der Waals surface area contributed by atoms with Gasteiger partial charge in [-0.2, -0.15) is 0 Å². The number of ether oxygens (including phenoxy) is 2. The Labute approximate surface area is 49.1 Å². The fourth-order valence-electron chi connectivity index (χ4n) is 0.344. The Bertz CT molecular complexity index is 68.8. The largest absolute Gasteiger partial charge is 0.405 e. The molecule has 0 aromatic heterocycles. The van der Waals surface area contributed by atoms with Crippen molar-refractivity contribution in [3.63, 3.8) is 0 Å². The Balaban J connectivity index is 3.36. The van der Waals surface area contributed by atoms with Crippen LogP contribution in [0, 0.1) is 0 Å². The predicted octanol–water partition coefficient (Wildman–Crippen LogP) is 0.0777. The lowest BCUT2D eigenvalue weighted by Gasteiger charge is -2.05. The summed E-state index contributed by atoms with van der Waals surface area (Å²) in [4.78, 5) is 0. The quantitative estimate of drug-likeness (QED) is 0.532. The van der Waals surface area contributed by atoms with Gasteiger partial charge >= 0.3 is 0 Å². The summed E-state index contributed by atoms with van der Waals surface area (Å²) in [7, 11) is 3.10. The molecule has 0 saturated carbocycles. The van der Waals surface area contributed by atoms with Crippen molar-refractivity contribution in [3.05, 3.63) is 12.3 Å². The van der Waals surface area contributed by atoms with Crippen LogP contribution in [0.5, 0.6) is 0 Å². The number of nitrogens with two attached hydrogens (primary N) is 1. The molecule has 0 rings (SSSR count). The van der Waals surface area contributed by atoms with Crippen molar-refractivity contribution in [2.45, 2.75) is 6.29 Å². The highest BCUT2D eigenvalue weighted by Crippen LogP contribution is 1.89. The lowest BCUT2D eigenvalue weighted by atomic mass is 10.6. The van der Waals surface area contributed by atoms with Crippen molar-refractivity contribution in [3.8, 4) is 0 Å². The minimum Gasteiger partial charge on any atom is -0.405 e. The molecule has 2 N–H and O–H groups in total. The fraction of sp³-hybridized carbons (Fsp3) is 0.600. The van der Waals surface area contributed by atoms with Crippen LogP contribution >= 0.6 is 0 Å². The highest BCUT2D eigenvalue weighted by molar-refractivity contribution is 4.79. The average Bonchev–Trinajstić information content (AvgIpc) is 1.83. The maximum Gasteiger partial charge on any atom is 0.177 e. The summed E-state index contributed by atoms with van der Waals surface area (Å²) >= 11 is 0. The fourth-order valence-corrected chi connectivity index (χ4v) is 0.344. The smallest absolute Gasteiger partial charge is 0.177 e. The summed E-state index contributed by atoms with van der Waals surface area (Å²) in [5.41, 5.74) is 5.04. The first-order chi connectivity index (χ1) is 3.85. The molecule has 0 aromatic carbocycles. The van der Waals surface area contributed by atoms with Gasteiger partial charge < -0.3 is 15.2 Å². The summed E-state index contributed by atoms with van der Waals surface area (Å²) < 4.78 is 9.50. The molecule has 0 heterocycles. The van der Waals surface area contributed by atoms with E-state index in [-0.39, 0.29) is 6.29 Å². The van der Waals surface area contributed by atoms with Crippen LogP contribution in [0.25, 0.3) is 0 Å². The van der Waals surface area contributed by atoms with E-state index in [2.05, 4.69) is 0 Å². The normalized spacial score (nSPS) is 11.4. The third kappa shape index (κ3) is 2.60. The molecule has 0 aromatic rings. The van der Waals surface area contributed by atoms with Crippen LogP contribution < -0.4 is 5.73 Å². The molecular weight excluding hydrogens is 106 g/mol. The average molecular weight is 117 g/mol. The molecule has 0 fully saturated rings. The zero-order valence-electron chi connectivity index (χ0n) is 5.13. The molecule has 0 bridgehead atoms. The number of hydrogen-bond acceptors (Lipinski definition) is 3. The van der Waals surface area contributed by atoms with Gasteiger partial charge in [0.25, 0.3) is 0 Å². The van der Waals surface area contributed by atoms with Gasteiger partial charge in [0.1, 0.15) is 0 Å². The van der Waals surface area contributed by atoms with E-state index in [1.165, 1.54) is 6.20 Å². The molecule has 0 amide bonds. The maximum absolute atomic E-state index is 5.04. The van der Waals surface area contributed by atoms with Crippen LogP contribution in [0.2, 0.25) is 0 Å². The van der Waals surface area contributed by atoms with E-state index >= 15 is 0 Å². The highest BCUT2D eigenvalue weighted by atomic mass is 16.7. The van der Waals surface area contributed by atoms with E-state index in [0.717, 1.165) is 0 Å². The van der Waals surface area contributed by atoms with Crippen molar-refractivity contribution >= 4 is 0 Å². The Morgan fingerprint density at radius 3 is 2.00 bits per heavy atom. The minimum atomic E-state index is -0.306. The van der Waals surface area contributed by atoms with E-state index in [4.69, 9.17) is 15.2 Å². The van der Waals surface area contributed by atoms with Gasteiger partial charge in [0.15, 0.2) is 6.29 Å². The molecule has 0 aliphatic carbocycles. The van der Waals surface area contributed by atoms with Gasteiger partial charge in [-0.1, -0.05) is 0 Å². The van der Waals surface area contributed by atoms with E-state index < -0.39 is 0 Å². The van der Waals surface area contributed by atoms with Crippen molar-refractivity contribution in [1.29, 1.82) is 0 Å². The second-order valence-corrected chi connectivity index (χ2v) is 1.22. The molecule has 48 valence electrons. The van der Waals surface area contributed by atoms with E-state index in [9.17, 15) is 0 Å². The molecule has 0 saturated heterocycles. The van der Waals surface area contributed by atoms with Gasteiger partial charge in [0.2, 0.25) is 0 Å². The summed E-state index contributed by atoms with van der Waals surface area (Å²) in [5.74, 6) is 0. The van der Waals surface area contributed by atoms with Crippen molar-refractivity contribution in [2.24, 2.45) is 5.73 Å². The van der Waals surface area contributed by atoms with Crippen LogP contribution in [-0.2, 0) is 9.47 Å². The first kappa shape index (κ1) is 7.46. The first-order valence-corrected chi connectivity index (χ1v) is 2.29. The zero-order chi connectivity index (χ0) is 6.41. The summed E-state index contributed by atoms with van der Waals surface area (Å²) in [6, 6.07) is 0. The third-order valence-electron chi connectivity index (χ3n) is 0.733. The van der Waals surface area contributed by atoms with Crippen LogP contribution in [-0.4, -0.2) is 20.5 Å². The second kappa shape index (κ2) is 4.61. The van der Waals surface area contributed by atoms with Gasteiger partial charge in [-0.3, -0.25) is 0 Å². The van der Waals surface area contributed by atoms with Gasteiger partial charge in [0.05, 0.1) is 0 Å². The van der Waals surface area contributed by atoms with E-state index in [1.54, 1.807) is 20.3 Å². The number of hydrogen-bond donors (Lipinski definition) is 1. The van der Waals surface area contributed by atoms with E-state index in [1.807, 2.05) is 0 Å². The topological polar surface area (TPSA) is 44.5 Å². The molecule has 0 aliphatic rings. The number of rotatable bonds is 3.